The molecule has 0 spiro atoms. The number of aromatic nitrogens is 3. The first-order valence-electron chi connectivity index (χ1n) is 18.1. The lowest BCUT2D eigenvalue weighted by Crippen LogP contribution is -2.49. The normalized spacial score (nSPS) is 17.2. The SMILES string of the molecule is C=C1CC2C(CCc3cc4c(cc3-c3cccc[n+]31)c1cccc3c5c6oc7ccccc7c6ccc5n4c13)c1ccccc1-c1cccc[n+]12. The summed E-state index contributed by atoms with van der Waals surface area (Å²) in [7, 11) is 0. The molecule has 10 aromatic rings. The Balaban J connectivity index is 1.14. The molecule has 5 aromatic heterocycles. The fraction of sp³-hybridized carbons (Fsp3) is 0.106. The lowest BCUT2D eigenvalue weighted by molar-refractivity contribution is -0.720. The first kappa shape index (κ1) is 27.5. The summed E-state index contributed by atoms with van der Waals surface area (Å²) in [6.45, 7) is 4.76. The summed E-state index contributed by atoms with van der Waals surface area (Å²) in [6, 6.07) is 47.2. The monoisotopic (exact) mass is 655 g/mol. The second-order valence-electron chi connectivity index (χ2n) is 14.5. The Bertz CT molecular complexity index is 3110. The Morgan fingerprint density at radius 2 is 1.45 bits per heavy atom. The number of furan rings is 1. The summed E-state index contributed by atoms with van der Waals surface area (Å²) in [5.74, 6) is 0.350. The van der Waals surface area contributed by atoms with Gasteiger partial charge in [0.25, 0.3) is 0 Å². The molecule has 0 fully saturated rings. The molecule has 7 heterocycles. The number of allylic oxidation sites excluding steroid dienone is 1. The van der Waals surface area contributed by atoms with Crippen LogP contribution in [-0.2, 0) is 6.42 Å². The molecular formula is C47H33N3O+2. The molecule has 240 valence electrons. The number of hydrogen-bond donors (Lipinski definition) is 0. The molecule has 2 aliphatic rings. The molecule has 0 amide bonds. The molecule has 4 heteroatoms. The van der Waals surface area contributed by atoms with Crippen molar-refractivity contribution in [3.8, 4) is 22.5 Å². The lowest BCUT2D eigenvalue weighted by atomic mass is 9.77. The van der Waals surface area contributed by atoms with Crippen LogP contribution in [0.3, 0.4) is 0 Å². The average molecular weight is 656 g/mol. The van der Waals surface area contributed by atoms with Gasteiger partial charge in [-0.2, -0.15) is 9.13 Å². The predicted molar refractivity (Wildman–Crippen MR) is 206 cm³/mol. The fourth-order valence-electron chi connectivity index (χ4n) is 9.88. The zero-order chi connectivity index (χ0) is 33.4. The summed E-state index contributed by atoms with van der Waals surface area (Å²) in [5.41, 5.74) is 14.7. The number of rotatable bonds is 0. The van der Waals surface area contributed by atoms with Gasteiger partial charge in [0, 0.05) is 62.7 Å². The van der Waals surface area contributed by atoms with Crippen LogP contribution in [0.5, 0.6) is 0 Å². The van der Waals surface area contributed by atoms with Gasteiger partial charge in [0.1, 0.15) is 11.2 Å². The van der Waals surface area contributed by atoms with Gasteiger partial charge in [0.15, 0.2) is 24.1 Å². The Kier molecular flexibility index (Phi) is 5.36. The number of hydrogen-bond acceptors (Lipinski definition) is 1. The highest BCUT2D eigenvalue weighted by Crippen LogP contribution is 2.47. The number of para-hydroxylation sites is 2. The van der Waals surface area contributed by atoms with Gasteiger partial charge in [-0.05, 0) is 79.1 Å². The van der Waals surface area contributed by atoms with Gasteiger partial charge >= 0.3 is 0 Å². The average Bonchev–Trinajstić information content (AvgIpc) is 3.84. The van der Waals surface area contributed by atoms with Crippen LogP contribution in [0.1, 0.15) is 35.9 Å². The number of pyridine rings is 2. The van der Waals surface area contributed by atoms with Crippen molar-refractivity contribution in [3.05, 3.63) is 157 Å². The van der Waals surface area contributed by atoms with Crippen LogP contribution < -0.4 is 9.13 Å². The predicted octanol–water partition coefficient (Wildman–Crippen LogP) is 10.8. The maximum absolute atomic E-state index is 6.61. The molecule has 2 aliphatic heterocycles. The topological polar surface area (TPSA) is 25.3 Å². The summed E-state index contributed by atoms with van der Waals surface area (Å²) in [6.07, 6.45) is 7.36. The lowest BCUT2D eigenvalue weighted by Gasteiger charge is -2.31. The van der Waals surface area contributed by atoms with Crippen molar-refractivity contribution in [1.29, 1.82) is 0 Å². The van der Waals surface area contributed by atoms with E-state index in [1.54, 1.807) is 0 Å². The molecule has 2 atom stereocenters. The van der Waals surface area contributed by atoms with E-state index < -0.39 is 0 Å². The van der Waals surface area contributed by atoms with Crippen molar-refractivity contribution in [2.24, 2.45) is 0 Å². The van der Waals surface area contributed by atoms with Crippen LogP contribution in [0.15, 0.2) is 151 Å². The molecule has 0 saturated heterocycles. The first-order chi connectivity index (χ1) is 25.2. The van der Waals surface area contributed by atoms with Crippen LogP contribution in [0.25, 0.3) is 88.2 Å². The van der Waals surface area contributed by atoms with Crippen molar-refractivity contribution in [2.75, 3.05) is 0 Å². The third kappa shape index (κ3) is 3.59. The van der Waals surface area contributed by atoms with E-state index in [9.17, 15) is 0 Å². The Morgan fingerprint density at radius 1 is 0.647 bits per heavy atom. The summed E-state index contributed by atoms with van der Waals surface area (Å²) >= 11 is 0. The van der Waals surface area contributed by atoms with Crippen molar-refractivity contribution >= 4 is 65.7 Å². The van der Waals surface area contributed by atoms with Gasteiger partial charge in [-0.15, -0.1) is 0 Å². The second-order valence-corrected chi connectivity index (χ2v) is 14.5. The van der Waals surface area contributed by atoms with E-state index in [1.807, 2.05) is 0 Å². The van der Waals surface area contributed by atoms with Crippen LogP contribution in [0.2, 0.25) is 0 Å². The number of aryl methyl sites for hydroxylation is 1. The van der Waals surface area contributed by atoms with E-state index in [2.05, 4.69) is 153 Å². The van der Waals surface area contributed by atoms with Crippen LogP contribution in [-0.4, -0.2) is 4.40 Å². The molecule has 12 rings (SSSR count). The van der Waals surface area contributed by atoms with E-state index in [0.29, 0.717) is 5.92 Å². The molecule has 51 heavy (non-hydrogen) atoms. The summed E-state index contributed by atoms with van der Waals surface area (Å²) < 4.78 is 14.0. The first-order valence-corrected chi connectivity index (χ1v) is 18.1. The van der Waals surface area contributed by atoms with E-state index in [-0.39, 0.29) is 6.04 Å². The van der Waals surface area contributed by atoms with E-state index in [0.717, 1.165) is 36.1 Å². The molecule has 2 unspecified atom stereocenters. The van der Waals surface area contributed by atoms with Crippen molar-refractivity contribution in [2.45, 2.75) is 31.2 Å². The fourth-order valence-corrected chi connectivity index (χ4v) is 9.88. The standard InChI is InChI=1S/C47H33N3O/c1-28-25-42-32(30-11-2-3-12-31(30)39-16-7-9-24-49(39)42)20-19-29-26-43-38(27-37(29)40-17-6-8-23-48(28)40)34-14-10-15-36-45-41(50(43)46(34)36)22-21-35-33-13-4-5-18-44(33)51-47(35)45/h2-18,21-24,26-27,32,42H,1,19-20,25H2/q+2. The quantitative estimate of drug-likeness (QED) is 0.149. The van der Waals surface area contributed by atoms with Gasteiger partial charge in [0.05, 0.1) is 33.9 Å². The minimum Gasteiger partial charge on any atom is -0.455 e. The summed E-state index contributed by atoms with van der Waals surface area (Å²) in [5, 5.41) is 7.33. The third-order valence-corrected chi connectivity index (χ3v) is 12.0. The zero-order valence-electron chi connectivity index (χ0n) is 28.0. The minimum atomic E-state index is 0.267. The maximum atomic E-state index is 6.61. The smallest absolute Gasteiger partial charge is 0.218 e. The maximum Gasteiger partial charge on any atom is 0.218 e. The van der Waals surface area contributed by atoms with Crippen LogP contribution >= 0.6 is 0 Å². The molecule has 0 aliphatic carbocycles. The van der Waals surface area contributed by atoms with Crippen LogP contribution in [0.4, 0.5) is 0 Å². The van der Waals surface area contributed by atoms with Crippen molar-refractivity contribution < 1.29 is 13.6 Å². The molecule has 0 saturated carbocycles. The molecule has 0 bridgehead atoms. The highest BCUT2D eigenvalue weighted by molar-refractivity contribution is 6.29. The van der Waals surface area contributed by atoms with Crippen molar-refractivity contribution in [3.63, 3.8) is 0 Å². The number of fused-ring (bicyclic) bond motifs is 19. The minimum absolute atomic E-state index is 0.267. The largest absolute Gasteiger partial charge is 0.455 e. The Labute approximate surface area is 294 Å². The van der Waals surface area contributed by atoms with Gasteiger partial charge < -0.3 is 8.82 Å². The molecular weight excluding hydrogens is 623 g/mol. The zero-order valence-corrected chi connectivity index (χ0v) is 28.0. The third-order valence-electron chi connectivity index (χ3n) is 12.0. The number of nitrogens with zero attached hydrogens (tertiary/aromatic N) is 3. The second kappa shape index (κ2) is 9.92. The van der Waals surface area contributed by atoms with E-state index in [1.165, 1.54) is 82.5 Å². The molecule has 0 radical (unpaired) electrons. The van der Waals surface area contributed by atoms with E-state index >= 15 is 0 Å². The Morgan fingerprint density at radius 3 is 2.41 bits per heavy atom. The molecule has 0 N–H and O–H groups in total. The van der Waals surface area contributed by atoms with E-state index in [4.69, 9.17) is 11.0 Å². The molecule has 4 nitrogen and oxygen atoms in total. The van der Waals surface area contributed by atoms with Crippen LogP contribution in [0, 0.1) is 0 Å². The van der Waals surface area contributed by atoms with Crippen molar-refractivity contribution in [1.82, 2.24) is 4.40 Å². The van der Waals surface area contributed by atoms with Gasteiger partial charge in [-0.3, -0.25) is 0 Å². The summed E-state index contributed by atoms with van der Waals surface area (Å²) in [4.78, 5) is 0. The highest BCUT2D eigenvalue weighted by Gasteiger charge is 2.42. The highest BCUT2D eigenvalue weighted by atomic mass is 16.3. The van der Waals surface area contributed by atoms with Gasteiger partial charge in [-0.25, -0.2) is 0 Å². The molecule has 5 aromatic carbocycles. The number of benzene rings is 5. The van der Waals surface area contributed by atoms with Gasteiger partial charge in [0.2, 0.25) is 11.4 Å². The Hall–Kier alpha value is -6.26. The van der Waals surface area contributed by atoms with Gasteiger partial charge in [-0.1, -0.05) is 54.6 Å².